The van der Waals surface area contributed by atoms with Crippen LogP contribution >= 0.6 is 0 Å². The average molecular weight is 362 g/mol. The van der Waals surface area contributed by atoms with Crippen LogP contribution in [0.15, 0.2) is 35.5 Å². The van der Waals surface area contributed by atoms with Crippen LogP contribution < -0.4 is 4.74 Å². The molecule has 0 atom stereocenters. The highest BCUT2D eigenvalue weighted by Gasteiger charge is 2.32. The number of aryl methyl sites for hydroxylation is 1. The van der Waals surface area contributed by atoms with Crippen LogP contribution in [0.1, 0.15) is 37.8 Å². The molecule has 0 spiro atoms. The van der Waals surface area contributed by atoms with Crippen molar-refractivity contribution in [3.8, 4) is 17.0 Å². The molecular formula is C20H24F2N2O2. The molecule has 1 aromatic heterocycles. The molecule has 1 aromatic carbocycles. The lowest BCUT2D eigenvalue weighted by molar-refractivity contribution is -0.200. The van der Waals surface area contributed by atoms with Crippen LogP contribution in [0.4, 0.5) is 14.5 Å². The lowest BCUT2D eigenvalue weighted by atomic mass is 10.0. The predicted molar refractivity (Wildman–Crippen MR) is 99.5 cm³/mol. The summed E-state index contributed by atoms with van der Waals surface area (Å²) in [6, 6.07) is 6.96. The van der Waals surface area contributed by atoms with Gasteiger partial charge in [-0.15, -0.1) is 0 Å². The predicted octanol–water partition coefficient (Wildman–Crippen LogP) is 5.22. The molecule has 0 radical (unpaired) electrons. The zero-order chi connectivity index (χ0) is 19.3. The van der Waals surface area contributed by atoms with E-state index in [1.54, 1.807) is 19.2 Å². The van der Waals surface area contributed by atoms with Gasteiger partial charge in [0.2, 0.25) is 0 Å². The van der Waals surface area contributed by atoms with Gasteiger partial charge >= 0.3 is 6.11 Å². The third-order valence-corrected chi connectivity index (χ3v) is 3.94. The number of aromatic nitrogens is 1. The Bertz CT molecular complexity index is 787. The van der Waals surface area contributed by atoms with Crippen LogP contribution in [0.2, 0.25) is 0 Å². The molecule has 0 aliphatic heterocycles. The topological polar surface area (TPSA) is 54.7 Å². The first-order valence-electron chi connectivity index (χ1n) is 8.56. The van der Waals surface area contributed by atoms with Gasteiger partial charge in [0, 0.05) is 17.5 Å². The van der Waals surface area contributed by atoms with Crippen LogP contribution in [0, 0.1) is 13.8 Å². The van der Waals surface area contributed by atoms with Crippen LogP contribution in [-0.4, -0.2) is 28.5 Å². The maximum Gasteiger partial charge on any atom is 0.421 e. The normalized spacial score (nSPS) is 12.3. The third-order valence-electron chi connectivity index (χ3n) is 3.94. The van der Waals surface area contributed by atoms with Gasteiger partial charge in [0.15, 0.2) is 5.75 Å². The average Bonchev–Trinajstić information content (AvgIpc) is 2.59. The molecule has 0 unspecified atom stereocenters. The second-order valence-electron chi connectivity index (χ2n) is 6.30. The van der Waals surface area contributed by atoms with Gasteiger partial charge in [-0.1, -0.05) is 19.4 Å². The SMILES string of the molecule is CCC/C(C)=N\c1c(OC(F)(F)CO)ccc(-c2ccc(C)cn2)c1C. The summed E-state index contributed by atoms with van der Waals surface area (Å²) in [5, 5.41) is 8.82. The summed E-state index contributed by atoms with van der Waals surface area (Å²) in [6.07, 6.45) is -0.262. The summed E-state index contributed by atoms with van der Waals surface area (Å²) in [4.78, 5) is 8.93. The van der Waals surface area contributed by atoms with Gasteiger partial charge in [0.05, 0.1) is 5.69 Å². The summed E-state index contributed by atoms with van der Waals surface area (Å²) in [6.45, 7) is 6.23. The van der Waals surface area contributed by atoms with Crippen molar-refractivity contribution < 1.29 is 18.6 Å². The van der Waals surface area contributed by atoms with E-state index in [1.165, 1.54) is 6.07 Å². The van der Waals surface area contributed by atoms with Crippen molar-refractivity contribution in [2.75, 3.05) is 6.61 Å². The van der Waals surface area contributed by atoms with E-state index in [2.05, 4.69) is 9.98 Å². The fraction of sp³-hybridized carbons (Fsp3) is 0.400. The summed E-state index contributed by atoms with van der Waals surface area (Å²) in [7, 11) is 0. The fourth-order valence-corrected chi connectivity index (χ4v) is 2.60. The van der Waals surface area contributed by atoms with Crippen molar-refractivity contribution >= 4 is 11.4 Å². The number of aliphatic imine (C=N–C) groups is 1. The fourth-order valence-electron chi connectivity index (χ4n) is 2.60. The first kappa shape index (κ1) is 20.0. The molecule has 0 amide bonds. The molecule has 2 rings (SSSR count). The molecule has 0 saturated carbocycles. The molecule has 1 heterocycles. The Balaban J connectivity index is 2.58. The maximum atomic E-state index is 13.6. The Labute approximate surface area is 152 Å². The van der Waals surface area contributed by atoms with Gasteiger partial charge in [-0.2, -0.15) is 8.78 Å². The van der Waals surface area contributed by atoms with Crippen molar-refractivity contribution in [2.24, 2.45) is 4.99 Å². The maximum absolute atomic E-state index is 13.6. The Morgan fingerprint density at radius 2 is 1.96 bits per heavy atom. The van der Waals surface area contributed by atoms with Gasteiger partial charge in [-0.05, 0) is 56.5 Å². The monoisotopic (exact) mass is 362 g/mol. The number of ether oxygens (including phenoxy) is 1. The molecule has 0 saturated heterocycles. The largest absolute Gasteiger partial charge is 0.429 e. The minimum atomic E-state index is -3.67. The molecule has 26 heavy (non-hydrogen) atoms. The Kier molecular flexibility index (Phi) is 6.42. The summed E-state index contributed by atoms with van der Waals surface area (Å²) >= 11 is 0. The highest BCUT2D eigenvalue weighted by molar-refractivity contribution is 5.87. The number of halogens is 2. The van der Waals surface area contributed by atoms with E-state index in [0.29, 0.717) is 11.3 Å². The van der Waals surface area contributed by atoms with E-state index in [1.807, 2.05) is 32.9 Å². The minimum absolute atomic E-state index is 0.0622. The second kappa shape index (κ2) is 8.36. The molecule has 0 aliphatic carbocycles. The number of nitrogens with zero attached hydrogens (tertiary/aromatic N) is 2. The van der Waals surface area contributed by atoms with Gasteiger partial charge < -0.3 is 9.84 Å². The quantitative estimate of drug-likeness (QED) is 0.687. The molecular weight excluding hydrogens is 338 g/mol. The summed E-state index contributed by atoms with van der Waals surface area (Å²) in [5.41, 5.74) is 4.42. The Hall–Kier alpha value is -2.34. The second-order valence-corrected chi connectivity index (χ2v) is 6.30. The number of hydrogen-bond donors (Lipinski definition) is 1. The van der Waals surface area contributed by atoms with Crippen molar-refractivity contribution in [3.63, 3.8) is 0 Å². The number of aliphatic hydroxyl groups is 1. The third kappa shape index (κ3) is 4.85. The van der Waals surface area contributed by atoms with Crippen molar-refractivity contribution in [2.45, 2.75) is 46.6 Å². The molecule has 6 heteroatoms. The number of aliphatic hydroxyl groups excluding tert-OH is 1. The molecule has 140 valence electrons. The molecule has 0 fully saturated rings. The summed E-state index contributed by atoms with van der Waals surface area (Å²) in [5.74, 6) is -0.0622. The highest BCUT2D eigenvalue weighted by atomic mass is 19.3. The zero-order valence-corrected chi connectivity index (χ0v) is 15.5. The number of rotatable bonds is 7. The van der Waals surface area contributed by atoms with Crippen LogP contribution in [0.5, 0.6) is 5.75 Å². The molecule has 2 aromatic rings. The van der Waals surface area contributed by atoms with E-state index in [9.17, 15) is 8.78 Å². The van der Waals surface area contributed by atoms with Crippen molar-refractivity contribution in [3.05, 3.63) is 41.6 Å². The van der Waals surface area contributed by atoms with Gasteiger partial charge in [0.1, 0.15) is 12.3 Å². The van der Waals surface area contributed by atoms with E-state index in [4.69, 9.17) is 9.84 Å². The smallest absolute Gasteiger partial charge is 0.421 e. The number of benzene rings is 1. The van der Waals surface area contributed by atoms with E-state index in [0.717, 1.165) is 35.4 Å². The molecule has 0 bridgehead atoms. The molecule has 0 aliphatic rings. The lowest BCUT2D eigenvalue weighted by Crippen LogP contribution is -2.29. The van der Waals surface area contributed by atoms with Crippen molar-refractivity contribution in [1.82, 2.24) is 4.98 Å². The highest BCUT2D eigenvalue weighted by Crippen LogP contribution is 2.39. The van der Waals surface area contributed by atoms with Gasteiger partial charge in [-0.25, -0.2) is 0 Å². The van der Waals surface area contributed by atoms with Crippen LogP contribution in [0.3, 0.4) is 0 Å². The standard InChI is InChI=1S/C20H24F2N2O2/c1-5-6-14(3)24-19-15(4)16(17-9-7-13(2)11-23-17)8-10-18(19)26-20(21,22)12-25/h7-11,25H,5-6,12H2,1-4H3/b24-14-. The Morgan fingerprint density at radius 3 is 2.54 bits per heavy atom. The zero-order valence-electron chi connectivity index (χ0n) is 15.5. The summed E-state index contributed by atoms with van der Waals surface area (Å²) < 4.78 is 31.9. The van der Waals surface area contributed by atoms with Gasteiger partial charge in [-0.3, -0.25) is 9.98 Å². The van der Waals surface area contributed by atoms with Crippen LogP contribution in [-0.2, 0) is 0 Å². The van der Waals surface area contributed by atoms with E-state index in [-0.39, 0.29) is 5.75 Å². The van der Waals surface area contributed by atoms with Crippen molar-refractivity contribution in [1.29, 1.82) is 0 Å². The number of hydrogen-bond acceptors (Lipinski definition) is 4. The van der Waals surface area contributed by atoms with E-state index >= 15 is 0 Å². The lowest BCUT2D eigenvalue weighted by Gasteiger charge is -2.19. The van der Waals surface area contributed by atoms with Gasteiger partial charge in [0.25, 0.3) is 0 Å². The van der Waals surface area contributed by atoms with Crippen LogP contribution in [0.25, 0.3) is 11.3 Å². The Morgan fingerprint density at radius 1 is 1.23 bits per heavy atom. The number of pyridine rings is 1. The minimum Gasteiger partial charge on any atom is -0.429 e. The molecule has 1 N–H and O–H groups in total. The first-order valence-corrected chi connectivity index (χ1v) is 8.56. The number of alkyl halides is 2. The molecule has 4 nitrogen and oxygen atoms in total. The van der Waals surface area contributed by atoms with E-state index < -0.39 is 12.7 Å². The first-order chi connectivity index (χ1) is 12.3.